The van der Waals surface area contributed by atoms with Crippen molar-refractivity contribution in [1.29, 1.82) is 5.26 Å². The molecule has 4 nitrogen and oxygen atoms in total. The van der Waals surface area contributed by atoms with E-state index in [9.17, 15) is 0 Å². The third kappa shape index (κ3) is 4.85. The molecule has 0 aliphatic heterocycles. The van der Waals surface area contributed by atoms with Crippen LogP contribution in [0.2, 0.25) is 0 Å². The Morgan fingerprint density at radius 2 is 1.94 bits per heavy atom. The lowest BCUT2D eigenvalue weighted by Gasteiger charge is -2.17. The molecule has 4 heteroatoms. The van der Waals surface area contributed by atoms with Crippen LogP contribution in [0.15, 0.2) is 24.3 Å². The first-order chi connectivity index (χ1) is 8.30. The number of nitriles is 1. The molecule has 1 aromatic carbocycles. The molecule has 1 aromatic rings. The van der Waals surface area contributed by atoms with Crippen LogP contribution >= 0.6 is 0 Å². The second-order valence-electron chi connectivity index (χ2n) is 3.29. The topological polar surface area (TPSA) is 51.5 Å². The zero-order valence-electron chi connectivity index (χ0n) is 10.2. The molecular weight excluding hydrogens is 218 g/mol. The fourth-order valence-corrected chi connectivity index (χ4v) is 1.34. The molecule has 0 saturated carbocycles. The molecule has 0 saturated heterocycles. The first-order valence-corrected chi connectivity index (χ1v) is 5.66. The highest BCUT2D eigenvalue weighted by atomic mass is 16.7. The summed E-state index contributed by atoms with van der Waals surface area (Å²) in [6.45, 7) is 5.28. The van der Waals surface area contributed by atoms with E-state index in [4.69, 9.17) is 19.5 Å². The van der Waals surface area contributed by atoms with Crippen LogP contribution in [0.1, 0.15) is 19.4 Å². The molecule has 0 aliphatic rings. The molecule has 0 radical (unpaired) electrons. The van der Waals surface area contributed by atoms with Crippen molar-refractivity contribution >= 4 is 0 Å². The number of ether oxygens (including phenoxy) is 3. The molecule has 92 valence electrons. The zero-order chi connectivity index (χ0) is 12.5. The molecule has 0 amide bonds. The van der Waals surface area contributed by atoms with Gasteiger partial charge >= 0.3 is 0 Å². The van der Waals surface area contributed by atoms with Crippen molar-refractivity contribution in [1.82, 2.24) is 0 Å². The Balaban J connectivity index is 2.49. The van der Waals surface area contributed by atoms with Crippen molar-refractivity contribution in [3.63, 3.8) is 0 Å². The van der Waals surface area contributed by atoms with E-state index in [1.807, 2.05) is 13.8 Å². The fraction of sp³-hybridized carbons (Fsp3) is 0.462. The molecule has 0 bridgehead atoms. The predicted octanol–water partition coefficient (Wildman–Crippen LogP) is 2.34. The van der Waals surface area contributed by atoms with E-state index in [-0.39, 0.29) is 6.29 Å². The van der Waals surface area contributed by atoms with Gasteiger partial charge in [0.2, 0.25) is 0 Å². The van der Waals surface area contributed by atoms with Crippen LogP contribution in [0.5, 0.6) is 5.75 Å². The monoisotopic (exact) mass is 235 g/mol. The summed E-state index contributed by atoms with van der Waals surface area (Å²) in [5, 5.41) is 8.75. The van der Waals surface area contributed by atoms with Gasteiger partial charge in [0.1, 0.15) is 12.4 Å². The van der Waals surface area contributed by atoms with Gasteiger partial charge in [0, 0.05) is 13.2 Å². The third-order valence-corrected chi connectivity index (χ3v) is 2.05. The summed E-state index contributed by atoms with van der Waals surface area (Å²) in [5.41, 5.74) is 0.576. The van der Waals surface area contributed by atoms with Crippen molar-refractivity contribution in [3.8, 4) is 11.8 Å². The molecule has 1 rings (SSSR count). The first kappa shape index (κ1) is 13.5. The van der Waals surface area contributed by atoms with Crippen LogP contribution in [0.25, 0.3) is 0 Å². The van der Waals surface area contributed by atoms with Crippen molar-refractivity contribution in [2.75, 3.05) is 19.8 Å². The number of hydrogen-bond donors (Lipinski definition) is 0. The minimum absolute atomic E-state index is 0.316. The average molecular weight is 235 g/mol. The van der Waals surface area contributed by atoms with E-state index in [0.29, 0.717) is 31.1 Å². The van der Waals surface area contributed by atoms with Gasteiger partial charge in [0.25, 0.3) is 0 Å². The number of rotatable bonds is 7. The number of benzene rings is 1. The summed E-state index contributed by atoms with van der Waals surface area (Å²) in [7, 11) is 0. The standard InChI is InChI=1S/C13H17NO3/c1-3-15-13(16-4-2)10-17-12-7-5-6-11(8-12)9-14/h5-8,13H,3-4,10H2,1-2H3. The van der Waals surface area contributed by atoms with Gasteiger partial charge in [0.15, 0.2) is 6.29 Å². The zero-order valence-corrected chi connectivity index (χ0v) is 10.2. The summed E-state index contributed by atoms with van der Waals surface area (Å²) in [6, 6.07) is 9.07. The van der Waals surface area contributed by atoms with Crippen LogP contribution in [0, 0.1) is 11.3 Å². The van der Waals surface area contributed by atoms with E-state index in [0.717, 1.165) is 0 Å². The van der Waals surface area contributed by atoms with Crippen molar-refractivity contribution < 1.29 is 14.2 Å². The highest BCUT2D eigenvalue weighted by Crippen LogP contribution is 2.13. The second-order valence-corrected chi connectivity index (χ2v) is 3.29. The number of hydrogen-bond acceptors (Lipinski definition) is 4. The van der Waals surface area contributed by atoms with Gasteiger partial charge in [-0.3, -0.25) is 0 Å². The molecule has 0 aromatic heterocycles. The largest absolute Gasteiger partial charge is 0.488 e. The molecular formula is C13H17NO3. The van der Waals surface area contributed by atoms with E-state index >= 15 is 0 Å². The maximum absolute atomic E-state index is 8.75. The van der Waals surface area contributed by atoms with Gasteiger partial charge in [-0.25, -0.2) is 0 Å². The van der Waals surface area contributed by atoms with Crippen LogP contribution in [-0.2, 0) is 9.47 Å². The van der Waals surface area contributed by atoms with Crippen molar-refractivity contribution in [2.24, 2.45) is 0 Å². The van der Waals surface area contributed by atoms with Crippen LogP contribution in [-0.4, -0.2) is 26.1 Å². The number of nitrogens with zero attached hydrogens (tertiary/aromatic N) is 1. The quantitative estimate of drug-likeness (QED) is 0.681. The molecule has 0 unspecified atom stereocenters. The van der Waals surface area contributed by atoms with E-state index < -0.39 is 0 Å². The van der Waals surface area contributed by atoms with Gasteiger partial charge in [-0.15, -0.1) is 0 Å². The Labute approximate surface area is 102 Å². The fourth-order valence-electron chi connectivity index (χ4n) is 1.34. The van der Waals surface area contributed by atoms with Crippen LogP contribution < -0.4 is 4.74 Å². The summed E-state index contributed by atoms with van der Waals surface area (Å²) < 4.78 is 16.2. The lowest BCUT2D eigenvalue weighted by atomic mass is 10.2. The minimum Gasteiger partial charge on any atom is -0.488 e. The van der Waals surface area contributed by atoms with Gasteiger partial charge in [-0.05, 0) is 32.0 Å². The Morgan fingerprint density at radius 1 is 1.24 bits per heavy atom. The Bertz CT molecular complexity index is 367. The second kappa shape index (κ2) is 7.66. The summed E-state index contributed by atoms with van der Waals surface area (Å²) >= 11 is 0. The average Bonchev–Trinajstić information content (AvgIpc) is 2.37. The van der Waals surface area contributed by atoms with E-state index in [1.165, 1.54) is 0 Å². The van der Waals surface area contributed by atoms with Gasteiger partial charge in [-0.1, -0.05) is 6.07 Å². The maximum Gasteiger partial charge on any atom is 0.191 e. The first-order valence-electron chi connectivity index (χ1n) is 5.66. The SMILES string of the molecule is CCOC(COc1cccc(C#N)c1)OCC. The Morgan fingerprint density at radius 3 is 2.53 bits per heavy atom. The molecule has 0 fully saturated rings. The molecule has 17 heavy (non-hydrogen) atoms. The molecule has 0 spiro atoms. The molecule has 0 heterocycles. The maximum atomic E-state index is 8.75. The summed E-state index contributed by atoms with van der Waals surface area (Å²) in [4.78, 5) is 0. The third-order valence-electron chi connectivity index (χ3n) is 2.05. The predicted molar refractivity (Wildman–Crippen MR) is 63.7 cm³/mol. The van der Waals surface area contributed by atoms with Crippen LogP contribution in [0.3, 0.4) is 0 Å². The van der Waals surface area contributed by atoms with E-state index in [2.05, 4.69) is 6.07 Å². The Hall–Kier alpha value is -1.57. The summed E-state index contributed by atoms with van der Waals surface area (Å²) in [6.07, 6.45) is -0.365. The van der Waals surface area contributed by atoms with Crippen molar-refractivity contribution in [3.05, 3.63) is 29.8 Å². The molecule has 0 N–H and O–H groups in total. The minimum atomic E-state index is -0.365. The molecule has 0 atom stereocenters. The highest BCUT2D eigenvalue weighted by Gasteiger charge is 2.08. The highest BCUT2D eigenvalue weighted by molar-refractivity contribution is 5.36. The van der Waals surface area contributed by atoms with Crippen LogP contribution in [0.4, 0.5) is 0 Å². The van der Waals surface area contributed by atoms with Gasteiger partial charge in [-0.2, -0.15) is 5.26 Å². The van der Waals surface area contributed by atoms with Crippen molar-refractivity contribution in [2.45, 2.75) is 20.1 Å². The smallest absolute Gasteiger partial charge is 0.191 e. The normalized spacial score (nSPS) is 10.2. The van der Waals surface area contributed by atoms with Gasteiger partial charge in [0.05, 0.1) is 11.6 Å². The van der Waals surface area contributed by atoms with E-state index in [1.54, 1.807) is 24.3 Å². The Kier molecular flexibility index (Phi) is 6.08. The lowest BCUT2D eigenvalue weighted by molar-refractivity contribution is -0.152. The lowest BCUT2D eigenvalue weighted by Crippen LogP contribution is -2.25. The summed E-state index contributed by atoms with van der Waals surface area (Å²) in [5.74, 6) is 0.647. The molecule has 0 aliphatic carbocycles. The van der Waals surface area contributed by atoms with Gasteiger partial charge < -0.3 is 14.2 Å².